The van der Waals surface area contributed by atoms with Crippen molar-refractivity contribution in [2.45, 2.75) is 304 Å². The first-order chi connectivity index (χ1) is 32.5. The van der Waals surface area contributed by atoms with Gasteiger partial charge in [-0.05, 0) is 194 Å². The van der Waals surface area contributed by atoms with Gasteiger partial charge in [-0.3, -0.25) is 0 Å². The van der Waals surface area contributed by atoms with Gasteiger partial charge in [0.1, 0.15) is 0 Å². The SMILES string of the molecule is C=C(CCCCCCCC(CCCCCCCCCC/C=C\CCCCCCCC)CN1CCCCC1)CCC1CCC2(C)C(=CCC3(N)C2CCC2(C)C(C(C)CCCC(C)C)CCC23)C1. The number of unbranched alkanes of at least 4 members (excludes halogenated alkanes) is 18. The number of hydrogen-bond acceptors (Lipinski definition) is 2. The van der Waals surface area contributed by atoms with Crippen LogP contribution in [0.5, 0.6) is 0 Å². The molecular weight excluding hydrogens is 809 g/mol. The minimum atomic E-state index is 0.0111. The van der Waals surface area contributed by atoms with Crippen LogP contribution in [0.2, 0.25) is 0 Å². The molecule has 5 aliphatic rings. The minimum Gasteiger partial charge on any atom is -0.324 e. The number of likely N-dealkylation sites (tertiary alicyclic amines) is 1. The molecule has 4 fully saturated rings. The third-order valence-corrected chi connectivity index (χ3v) is 20.2. The Balaban J connectivity index is 0.900. The fraction of sp³-hybridized carbons (Fsp3) is 0.908. The van der Waals surface area contributed by atoms with Gasteiger partial charge in [0.15, 0.2) is 0 Å². The Labute approximate surface area is 420 Å². The number of rotatable bonds is 36. The summed E-state index contributed by atoms with van der Waals surface area (Å²) in [4.78, 5) is 2.83. The van der Waals surface area contributed by atoms with Crippen LogP contribution in [-0.4, -0.2) is 30.1 Å². The minimum absolute atomic E-state index is 0.0111. The van der Waals surface area contributed by atoms with E-state index in [9.17, 15) is 0 Å². The van der Waals surface area contributed by atoms with Crippen LogP contribution in [0.3, 0.4) is 0 Å². The largest absolute Gasteiger partial charge is 0.324 e. The normalized spacial score (nSPS) is 29.8. The van der Waals surface area contributed by atoms with Crippen LogP contribution in [0.4, 0.5) is 0 Å². The van der Waals surface area contributed by atoms with Gasteiger partial charge >= 0.3 is 0 Å². The molecule has 0 radical (unpaired) electrons. The molecule has 4 aliphatic carbocycles. The Hall–Kier alpha value is -0.860. The molecule has 2 nitrogen and oxygen atoms in total. The fourth-order valence-electron chi connectivity index (χ4n) is 16.0. The van der Waals surface area contributed by atoms with Crippen molar-refractivity contribution in [3.05, 3.63) is 36.0 Å². The number of allylic oxidation sites excluding steroid dienone is 4. The molecule has 0 aromatic rings. The average molecular weight is 928 g/mol. The predicted molar refractivity (Wildman–Crippen MR) is 298 cm³/mol. The van der Waals surface area contributed by atoms with Crippen LogP contribution in [0.25, 0.3) is 0 Å². The zero-order valence-electron chi connectivity index (χ0n) is 46.4. The molecular formula is C65H118N2. The molecule has 0 spiro atoms. The van der Waals surface area contributed by atoms with Crippen molar-refractivity contribution in [2.24, 2.45) is 58.0 Å². The highest BCUT2D eigenvalue weighted by Gasteiger charge is 2.64. The van der Waals surface area contributed by atoms with E-state index in [1.54, 1.807) is 0 Å². The van der Waals surface area contributed by atoms with Gasteiger partial charge in [-0.1, -0.05) is 206 Å². The van der Waals surface area contributed by atoms with Gasteiger partial charge in [0, 0.05) is 12.1 Å². The van der Waals surface area contributed by atoms with Crippen LogP contribution < -0.4 is 5.73 Å². The summed E-state index contributed by atoms with van der Waals surface area (Å²) in [6.07, 6.45) is 63.6. The number of hydrogen-bond donors (Lipinski definition) is 1. The lowest BCUT2D eigenvalue weighted by Crippen LogP contribution is -2.66. The maximum absolute atomic E-state index is 7.80. The molecule has 1 aliphatic heterocycles. The van der Waals surface area contributed by atoms with Crippen molar-refractivity contribution in [3.63, 3.8) is 0 Å². The monoisotopic (exact) mass is 927 g/mol. The Morgan fingerprint density at radius 3 is 1.93 bits per heavy atom. The van der Waals surface area contributed by atoms with Crippen LogP contribution in [0.15, 0.2) is 36.0 Å². The van der Waals surface area contributed by atoms with E-state index in [2.05, 4.69) is 71.2 Å². The fourth-order valence-corrected chi connectivity index (χ4v) is 16.0. The molecule has 388 valence electrons. The summed E-state index contributed by atoms with van der Waals surface area (Å²) in [6.45, 7) is 23.8. The molecule has 3 saturated carbocycles. The maximum atomic E-state index is 7.80. The van der Waals surface area contributed by atoms with Crippen molar-refractivity contribution in [2.75, 3.05) is 19.6 Å². The number of nitrogens with two attached hydrogens (primary N) is 1. The van der Waals surface area contributed by atoms with Crippen LogP contribution in [0.1, 0.15) is 298 Å². The van der Waals surface area contributed by atoms with Crippen molar-refractivity contribution in [1.29, 1.82) is 0 Å². The number of nitrogens with zero attached hydrogens (tertiary/aromatic N) is 1. The van der Waals surface area contributed by atoms with E-state index < -0.39 is 0 Å². The number of fused-ring (bicyclic) bond motifs is 5. The highest BCUT2D eigenvalue weighted by atomic mass is 15.1. The molecule has 9 atom stereocenters. The first kappa shape index (κ1) is 57.0. The molecule has 67 heavy (non-hydrogen) atoms. The molecule has 2 heteroatoms. The molecule has 2 N–H and O–H groups in total. The van der Waals surface area contributed by atoms with Crippen molar-refractivity contribution >= 4 is 0 Å². The van der Waals surface area contributed by atoms with Gasteiger partial charge in [-0.15, -0.1) is 0 Å². The third-order valence-electron chi connectivity index (χ3n) is 20.2. The predicted octanol–water partition coefficient (Wildman–Crippen LogP) is 20.1. The van der Waals surface area contributed by atoms with Crippen molar-refractivity contribution in [1.82, 2.24) is 4.90 Å². The molecule has 5 rings (SSSR count). The van der Waals surface area contributed by atoms with E-state index in [0.29, 0.717) is 22.7 Å². The van der Waals surface area contributed by atoms with E-state index in [0.717, 1.165) is 36.0 Å². The number of piperidine rings is 1. The van der Waals surface area contributed by atoms with Crippen LogP contribution in [0, 0.1) is 52.3 Å². The first-order valence-corrected chi connectivity index (χ1v) is 31.0. The van der Waals surface area contributed by atoms with E-state index in [-0.39, 0.29) is 5.54 Å². The van der Waals surface area contributed by atoms with Crippen LogP contribution >= 0.6 is 0 Å². The zero-order chi connectivity index (χ0) is 47.8. The van der Waals surface area contributed by atoms with Gasteiger partial charge in [0.2, 0.25) is 0 Å². The van der Waals surface area contributed by atoms with Gasteiger partial charge in [0.25, 0.3) is 0 Å². The molecule has 9 unspecified atom stereocenters. The van der Waals surface area contributed by atoms with Gasteiger partial charge < -0.3 is 10.6 Å². The van der Waals surface area contributed by atoms with Gasteiger partial charge in [-0.2, -0.15) is 0 Å². The second-order valence-corrected chi connectivity index (χ2v) is 26.0. The lowest BCUT2D eigenvalue weighted by atomic mass is 9.43. The topological polar surface area (TPSA) is 29.3 Å². The Bertz CT molecular complexity index is 1380. The smallest absolute Gasteiger partial charge is 0.0260 e. The van der Waals surface area contributed by atoms with E-state index in [1.807, 2.05) is 5.57 Å². The van der Waals surface area contributed by atoms with Crippen molar-refractivity contribution < 1.29 is 0 Å². The Kier molecular flexibility index (Phi) is 26.3. The Morgan fingerprint density at radius 1 is 0.672 bits per heavy atom. The molecule has 1 saturated heterocycles. The summed E-state index contributed by atoms with van der Waals surface area (Å²) in [6, 6.07) is 0. The summed E-state index contributed by atoms with van der Waals surface area (Å²) in [5, 5.41) is 0. The van der Waals surface area contributed by atoms with Gasteiger partial charge in [0.05, 0.1) is 0 Å². The first-order valence-electron chi connectivity index (χ1n) is 31.0. The van der Waals surface area contributed by atoms with Crippen molar-refractivity contribution in [3.8, 4) is 0 Å². The van der Waals surface area contributed by atoms with E-state index in [4.69, 9.17) is 5.73 Å². The molecule has 1 heterocycles. The quantitative estimate of drug-likeness (QED) is 0.0501. The third kappa shape index (κ3) is 18.3. The van der Waals surface area contributed by atoms with Crippen LogP contribution in [-0.2, 0) is 0 Å². The molecule has 0 aromatic heterocycles. The average Bonchev–Trinajstić information content (AvgIpc) is 3.68. The molecule has 0 amide bonds. The zero-order valence-corrected chi connectivity index (χ0v) is 46.4. The molecule has 0 aromatic carbocycles. The summed E-state index contributed by atoms with van der Waals surface area (Å²) in [5.41, 5.74) is 11.9. The summed E-state index contributed by atoms with van der Waals surface area (Å²) < 4.78 is 0. The van der Waals surface area contributed by atoms with Gasteiger partial charge in [-0.25, -0.2) is 0 Å². The summed E-state index contributed by atoms with van der Waals surface area (Å²) >= 11 is 0. The second-order valence-electron chi connectivity index (χ2n) is 26.0. The highest BCUT2D eigenvalue weighted by Crippen LogP contribution is 2.68. The highest BCUT2D eigenvalue weighted by molar-refractivity contribution is 5.30. The maximum Gasteiger partial charge on any atom is 0.0260 e. The lowest BCUT2D eigenvalue weighted by Gasteiger charge is -2.63. The second kappa shape index (κ2) is 30.9. The summed E-state index contributed by atoms with van der Waals surface area (Å²) in [7, 11) is 0. The standard InChI is InChI=1S/C65H118N2/c1-8-9-10-11-12-13-14-15-16-17-18-19-20-21-22-23-26-30-38-58(53-67-50-32-28-33-51-67)39-31-27-24-25-29-36-55(4)40-41-57-44-47-63(6)59(52-57)45-49-65(66)61-43-42-60(56(5)37-34-35-54(2)3)64(61,7)48-46-62(63)65/h15-16,45,54,56-58,60-62H,4,8-14,17-44,46-53,66H2,1-3,5-7H3/b16-15-. The molecule has 0 bridgehead atoms. The summed E-state index contributed by atoms with van der Waals surface area (Å²) in [5.74, 6) is 5.72. The lowest BCUT2D eigenvalue weighted by molar-refractivity contribution is -0.0702. The van der Waals surface area contributed by atoms with E-state index in [1.165, 1.54) is 276 Å². The Morgan fingerprint density at radius 2 is 1.28 bits per heavy atom. The van der Waals surface area contributed by atoms with E-state index >= 15 is 0 Å².